The molecule has 0 spiro atoms. The second-order valence-electron chi connectivity index (χ2n) is 3.62. The Morgan fingerprint density at radius 1 is 1.53 bits per heavy atom. The van der Waals surface area contributed by atoms with E-state index in [9.17, 15) is 4.39 Å². The molecule has 0 saturated heterocycles. The van der Waals surface area contributed by atoms with Crippen LogP contribution in [0.4, 0.5) is 4.39 Å². The first kappa shape index (κ1) is 12.1. The first-order valence-corrected chi connectivity index (χ1v) is 5.16. The van der Waals surface area contributed by atoms with Crippen LogP contribution in [-0.4, -0.2) is 22.7 Å². The van der Waals surface area contributed by atoms with Crippen LogP contribution >= 0.6 is 0 Å². The van der Waals surface area contributed by atoms with Crippen LogP contribution in [0.2, 0.25) is 0 Å². The maximum absolute atomic E-state index is 12.6. The van der Waals surface area contributed by atoms with Crippen molar-refractivity contribution in [3.63, 3.8) is 0 Å². The van der Waals surface area contributed by atoms with Crippen LogP contribution < -0.4 is 5.32 Å². The van der Waals surface area contributed by atoms with Crippen molar-refractivity contribution >= 4 is 0 Å². The predicted octanol–water partition coefficient (Wildman–Crippen LogP) is 1.64. The zero-order valence-electron chi connectivity index (χ0n) is 9.07. The van der Waals surface area contributed by atoms with Gasteiger partial charge in [0.25, 0.3) is 0 Å². The minimum absolute atomic E-state index is 0.0696. The van der Waals surface area contributed by atoms with Gasteiger partial charge in [0.05, 0.1) is 18.0 Å². The average molecular weight is 212 g/mol. The van der Waals surface area contributed by atoms with Crippen molar-refractivity contribution in [3.8, 4) is 0 Å². The maximum Gasteiger partial charge on any atom is 0.141 e. The van der Waals surface area contributed by atoms with E-state index in [1.165, 1.54) is 12.3 Å². The third kappa shape index (κ3) is 3.93. The number of aromatic nitrogens is 1. The summed E-state index contributed by atoms with van der Waals surface area (Å²) in [5.74, 6) is -0.330. The quantitative estimate of drug-likeness (QED) is 0.780. The van der Waals surface area contributed by atoms with E-state index < -0.39 is 0 Å². The lowest BCUT2D eigenvalue weighted by molar-refractivity contribution is 0.185. The molecular formula is C11H17FN2O. The monoisotopic (exact) mass is 212 g/mol. The summed E-state index contributed by atoms with van der Waals surface area (Å²) in [5, 5.41) is 12.3. The molecule has 0 aliphatic heterocycles. The van der Waals surface area contributed by atoms with Gasteiger partial charge in [-0.15, -0.1) is 0 Å². The number of hydrogen-bond donors (Lipinski definition) is 2. The van der Waals surface area contributed by atoms with Crippen molar-refractivity contribution in [2.45, 2.75) is 32.4 Å². The van der Waals surface area contributed by atoms with Crippen LogP contribution in [-0.2, 0) is 0 Å². The van der Waals surface area contributed by atoms with Crippen molar-refractivity contribution < 1.29 is 9.50 Å². The second-order valence-corrected chi connectivity index (χ2v) is 3.62. The number of pyridine rings is 1. The molecule has 1 unspecified atom stereocenters. The summed E-state index contributed by atoms with van der Waals surface area (Å²) in [7, 11) is 0. The summed E-state index contributed by atoms with van der Waals surface area (Å²) in [4.78, 5) is 4.01. The smallest absolute Gasteiger partial charge is 0.141 e. The molecule has 0 bridgehead atoms. The van der Waals surface area contributed by atoms with E-state index in [4.69, 9.17) is 5.11 Å². The molecule has 1 aromatic heterocycles. The van der Waals surface area contributed by atoms with Gasteiger partial charge in [0.2, 0.25) is 0 Å². The minimum atomic E-state index is -0.389. The average Bonchev–Trinajstić information content (AvgIpc) is 2.21. The lowest BCUT2D eigenvalue weighted by Crippen LogP contribution is -2.28. The normalized spacial score (nSPS) is 14.9. The number of halogens is 1. The van der Waals surface area contributed by atoms with Crippen molar-refractivity contribution in [1.82, 2.24) is 10.3 Å². The fourth-order valence-electron chi connectivity index (χ4n) is 1.36. The van der Waals surface area contributed by atoms with Crippen LogP contribution in [0.3, 0.4) is 0 Å². The highest BCUT2D eigenvalue weighted by molar-refractivity contribution is 5.09. The zero-order valence-corrected chi connectivity index (χ0v) is 9.07. The highest BCUT2D eigenvalue weighted by atomic mass is 19.1. The Balaban J connectivity index is 2.61. The van der Waals surface area contributed by atoms with Crippen LogP contribution in [0.25, 0.3) is 0 Å². The fourth-order valence-corrected chi connectivity index (χ4v) is 1.36. The van der Waals surface area contributed by atoms with Crippen LogP contribution in [0.15, 0.2) is 18.3 Å². The Labute approximate surface area is 89.4 Å². The van der Waals surface area contributed by atoms with Crippen LogP contribution in [0.5, 0.6) is 0 Å². The Morgan fingerprint density at radius 3 is 2.73 bits per heavy atom. The summed E-state index contributed by atoms with van der Waals surface area (Å²) in [6.07, 6.45) is 1.67. The van der Waals surface area contributed by atoms with Gasteiger partial charge in [0, 0.05) is 12.6 Å². The molecule has 0 amide bonds. The molecule has 1 rings (SSSR count). The molecule has 0 aliphatic carbocycles. The number of rotatable bonds is 5. The van der Waals surface area contributed by atoms with Gasteiger partial charge in [-0.25, -0.2) is 4.39 Å². The van der Waals surface area contributed by atoms with Crippen molar-refractivity contribution in [1.29, 1.82) is 0 Å². The van der Waals surface area contributed by atoms with Gasteiger partial charge >= 0.3 is 0 Å². The third-order valence-corrected chi connectivity index (χ3v) is 2.18. The Hall–Kier alpha value is -1.00. The largest absolute Gasteiger partial charge is 0.392 e. The van der Waals surface area contributed by atoms with E-state index in [-0.39, 0.29) is 18.0 Å². The highest BCUT2D eigenvalue weighted by Crippen LogP contribution is 2.13. The molecule has 2 N–H and O–H groups in total. The first-order chi connectivity index (χ1) is 7.13. The molecule has 0 radical (unpaired) electrons. The molecule has 0 aliphatic rings. The first-order valence-electron chi connectivity index (χ1n) is 5.16. The van der Waals surface area contributed by atoms with E-state index in [1.54, 1.807) is 13.0 Å². The van der Waals surface area contributed by atoms with E-state index in [2.05, 4.69) is 10.3 Å². The van der Waals surface area contributed by atoms with Gasteiger partial charge in [0.15, 0.2) is 0 Å². The molecule has 84 valence electrons. The fraction of sp³-hybridized carbons (Fsp3) is 0.545. The van der Waals surface area contributed by atoms with Crippen molar-refractivity contribution in [2.24, 2.45) is 0 Å². The molecule has 0 saturated carbocycles. The Kier molecular flexibility index (Phi) is 4.65. The number of aliphatic hydroxyl groups excluding tert-OH is 1. The molecule has 3 nitrogen and oxygen atoms in total. The summed E-state index contributed by atoms with van der Waals surface area (Å²) in [6, 6.07) is 3.13. The summed E-state index contributed by atoms with van der Waals surface area (Å²) in [5.41, 5.74) is 0.805. The Morgan fingerprint density at radius 2 is 2.27 bits per heavy atom. The molecule has 4 heteroatoms. The maximum atomic E-state index is 12.6. The molecule has 15 heavy (non-hydrogen) atoms. The van der Waals surface area contributed by atoms with Crippen LogP contribution in [0, 0.1) is 5.82 Å². The predicted molar refractivity (Wildman–Crippen MR) is 56.9 cm³/mol. The van der Waals surface area contributed by atoms with E-state index in [1.807, 2.05) is 6.92 Å². The zero-order chi connectivity index (χ0) is 11.3. The molecular weight excluding hydrogens is 195 g/mol. The molecule has 1 aromatic rings. The third-order valence-electron chi connectivity index (χ3n) is 2.18. The van der Waals surface area contributed by atoms with Gasteiger partial charge in [-0.3, -0.25) is 4.98 Å². The summed E-state index contributed by atoms with van der Waals surface area (Å²) >= 11 is 0. The van der Waals surface area contributed by atoms with Gasteiger partial charge in [-0.1, -0.05) is 6.92 Å². The molecule has 0 fully saturated rings. The van der Waals surface area contributed by atoms with Crippen molar-refractivity contribution in [2.75, 3.05) is 6.54 Å². The molecule has 0 aromatic carbocycles. The van der Waals surface area contributed by atoms with E-state index in [0.717, 1.165) is 12.1 Å². The van der Waals surface area contributed by atoms with Gasteiger partial charge in [0.1, 0.15) is 5.82 Å². The topological polar surface area (TPSA) is 45.1 Å². The highest BCUT2D eigenvalue weighted by Gasteiger charge is 2.10. The number of hydrogen-bond acceptors (Lipinski definition) is 3. The number of aliphatic hydroxyl groups is 1. The second kappa shape index (κ2) is 5.78. The lowest BCUT2D eigenvalue weighted by atomic mass is 10.1. The Bertz CT molecular complexity index is 287. The minimum Gasteiger partial charge on any atom is -0.392 e. The number of nitrogens with zero attached hydrogens (tertiary/aromatic N) is 1. The lowest BCUT2D eigenvalue weighted by Gasteiger charge is -2.17. The van der Waals surface area contributed by atoms with Gasteiger partial charge in [-0.05, 0) is 25.5 Å². The van der Waals surface area contributed by atoms with Crippen LogP contribution in [0.1, 0.15) is 32.0 Å². The standard InChI is InChI=1S/C11H17FN2O/c1-3-10(13-6-8(2)15)11-5-4-9(12)7-14-11/h4-5,7-8,10,13,15H,3,6H2,1-2H3/t8-,10?/m0/s1. The molecule has 2 atom stereocenters. The SMILES string of the molecule is CCC(NC[C@H](C)O)c1ccc(F)cn1. The summed E-state index contributed by atoms with van der Waals surface area (Å²) < 4.78 is 12.6. The van der Waals surface area contributed by atoms with Gasteiger partial charge < -0.3 is 10.4 Å². The molecule has 1 heterocycles. The van der Waals surface area contributed by atoms with Gasteiger partial charge in [-0.2, -0.15) is 0 Å². The van der Waals surface area contributed by atoms with Crippen molar-refractivity contribution in [3.05, 3.63) is 29.8 Å². The summed E-state index contributed by atoms with van der Waals surface area (Å²) in [6.45, 7) is 4.25. The van der Waals surface area contributed by atoms with E-state index in [0.29, 0.717) is 6.54 Å². The number of nitrogens with one attached hydrogen (secondary N) is 1. The van der Waals surface area contributed by atoms with E-state index >= 15 is 0 Å².